The number of rotatable bonds is 6. The number of aromatic nitrogens is 4. The first kappa shape index (κ1) is 27.3. The van der Waals surface area contributed by atoms with Gasteiger partial charge in [-0.3, -0.25) is 4.98 Å². The zero-order valence-corrected chi connectivity index (χ0v) is 25.6. The van der Waals surface area contributed by atoms with Crippen LogP contribution in [0.25, 0.3) is 39.8 Å². The summed E-state index contributed by atoms with van der Waals surface area (Å²) >= 11 is 0. The van der Waals surface area contributed by atoms with E-state index in [9.17, 15) is 0 Å². The van der Waals surface area contributed by atoms with Gasteiger partial charge >= 0.3 is 0 Å². The molecule has 0 saturated heterocycles. The molecule has 0 bridgehead atoms. The highest BCUT2D eigenvalue weighted by molar-refractivity contribution is 5.91. The first-order chi connectivity index (χ1) is 22.1. The van der Waals surface area contributed by atoms with Crippen molar-refractivity contribution in [1.82, 2.24) is 19.9 Å². The van der Waals surface area contributed by atoms with E-state index in [1.165, 1.54) is 27.8 Å². The van der Waals surface area contributed by atoms with E-state index in [-0.39, 0.29) is 11.8 Å². The molecule has 0 radical (unpaired) electrons. The highest BCUT2D eigenvalue weighted by Gasteiger charge is 2.45. The van der Waals surface area contributed by atoms with E-state index in [4.69, 9.17) is 15.0 Å². The highest BCUT2D eigenvalue weighted by Crippen LogP contribution is 2.58. The molecule has 218 valence electrons. The van der Waals surface area contributed by atoms with Gasteiger partial charge in [0.25, 0.3) is 0 Å². The number of pyridine rings is 1. The van der Waals surface area contributed by atoms with Crippen molar-refractivity contribution in [2.24, 2.45) is 5.92 Å². The molecule has 5 aromatic rings. The summed E-state index contributed by atoms with van der Waals surface area (Å²) in [5.41, 5.74) is 10.6. The Bertz CT molecular complexity index is 2110. The number of allylic oxidation sites excluding steroid dienone is 7. The summed E-state index contributed by atoms with van der Waals surface area (Å²) in [6.45, 7) is 8.58. The van der Waals surface area contributed by atoms with Crippen LogP contribution in [0.4, 0.5) is 0 Å². The van der Waals surface area contributed by atoms with Crippen LogP contribution in [0.2, 0.25) is 0 Å². The minimum atomic E-state index is 0.0389. The quantitative estimate of drug-likeness (QED) is 0.187. The Morgan fingerprint density at radius 1 is 0.822 bits per heavy atom. The number of hydrogen-bond acceptors (Lipinski definition) is 4. The standard InChI is InChI=1S/C41H34N4/c1-4-27(19-18-25(2)31-17-9-13-29-14-10-22-42-38(29)31)39-43-40(33-21-20-28-11-5-7-15-32(28)26(33)3)45-41(44-39)37-23-30-12-6-8-16-34(30)35-24-36(35)37/h4-23,26,33,35-36H,1,24H2,2-3H3/b25-18+,27-19+. The molecule has 4 unspecified atom stereocenters. The van der Waals surface area contributed by atoms with Crippen molar-refractivity contribution in [3.63, 3.8) is 0 Å². The van der Waals surface area contributed by atoms with Gasteiger partial charge < -0.3 is 0 Å². The lowest BCUT2D eigenvalue weighted by Crippen LogP contribution is -2.17. The topological polar surface area (TPSA) is 51.6 Å². The second-order valence-corrected chi connectivity index (χ2v) is 12.4. The van der Waals surface area contributed by atoms with Crippen LogP contribution < -0.4 is 0 Å². The van der Waals surface area contributed by atoms with Crippen LogP contribution >= 0.6 is 0 Å². The lowest BCUT2D eigenvalue weighted by molar-refractivity contribution is 0.624. The van der Waals surface area contributed by atoms with Gasteiger partial charge in [-0.1, -0.05) is 117 Å². The average molecular weight is 583 g/mol. The molecule has 4 nitrogen and oxygen atoms in total. The third kappa shape index (κ3) is 4.87. The minimum Gasteiger partial charge on any atom is -0.256 e. The third-order valence-electron chi connectivity index (χ3n) is 9.66. The third-order valence-corrected chi connectivity index (χ3v) is 9.66. The van der Waals surface area contributed by atoms with Crippen molar-refractivity contribution in [3.05, 3.63) is 161 Å². The zero-order chi connectivity index (χ0) is 30.5. The molecule has 0 aliphatic heterocycles. The van der Waals surface area contributed by atoms with E-state index in [0.717, 1.165) is 45.7 Å². The first-order valence-electron chi connectivity index (χ1n) is 15.8. The number of nitrogens with zero attached hydrogens (tertiary/aromatic N) is 4. The number of para-hydroxylation sites is 1. The molecular formula is C41H34N4. The van der Waals surface area contributed by atoms with Gasteiger partial charge in [0.15, 0.2) is 11.6 Å². The molecule has 3 aliphatic carbocycles. The Balaban J connectivity index is 1.24. The van der Waals surface area contributed by atoms with Crippen molar-refractivity contribution in [2.75, 3.05) is 0 Å². The molecule has 3 aliphatic rings. The molecule has 2 heterocycles. The zero-order valence-electron chi connectivity index (χ0n) is 25.6. The largest absolute Gasteiger partial charge is 0.256 e. The van der Waals surface area contributed by atoms with E-state index in [1.54, 1.807) is 0 Å². The predicted molar refractivity (Wildman–Crippen MR) is 185 cm³/mol. The molecule has 1 saturated carbocycles. The SMILES string of the molecule is C=C/C(=C\C=C(/C)c1cccc2cccnc12)c1nc(C2=Cc3ccccc3C3CC23)nc(C2C=Cc3ccccc3C2C)n1. The van der Waals surface area contributed by atoms with Gasteiger partial charge in [-0.05, 0) is 71.1 Å². The Kier molecular flexibility index (Phi) is 6.71. The van der Waals surface area contributed by atoms with Crippen LogP contribution in [-0.4, -0.2) is 19.9 Å². The summed E-state index contributed by atoms with van der Waals surface area (Å²) in [5, 5.41) is 1.12. The van der Waals surface area contributed by atoms with Crippen LogP contribution in [0.5, 0.6) is 0 Å². The Labute approximate surface area is 264 Å². The van der Waals surface area contributed by atoms with Crippen LogP contribution in [0.1, 0.15) is 83.3 Å². The van der Waals surface area contributed by atoms with Gasteiger partial charge in [-0.15, -0.1) is 0 Å². The van der Waals surface area contributed by atoms with Gasteiger partial charge in [-0.2, -0.15) is 0 Å². The van der Waals surface area contributed by atoms with Gasteiger partial charge in [0.2, 0.25) is 0 Å². The molecule has 0 N–H and O–H groups in total. The average Bonchev–Trinajstić information content (AvgIpc) is 3.90. The van der Waals surface area contributed by atoms with Crippen LogP contribution in [-0.2, 0) is 0 Å². The van der Waals surface area contributed by atoms with Gasteiger partial charge in [0.1, 0.15) is 5.82 Å². The van der Waals surface area contributed by atoms with Gasteiger partial charge in [0.05, 0.1) is 5.52 Å². The second kappa shape index (κ2) is 11.0. The summed E-state index contributed by atoms with van der Waals surface area (Å²) in [6, 6.07) is 27.7. The molecule has 45 heavy (non-hydrogen) atoms. The molecule has 4 atom stereocenters. The molecule has 1 fully saturated rings. The first-order valence-corrected chi connectivity index (χ1v) is 15.8. The van der Waals surface area contributed by atoms with Gasteiger partial charge in [-0.25, -0.2) is 15.0 Å². The lowest BCUT2D eigenvalue weighted by Gasteiger charge is -2.26. The molecule has 3 aromatic carbocycles. The summed E-state index contributed by atoms with van der Waals surface area (Å²) in [6.07, 6.45) is 15.8. The van der Waals surface area contributed by atoms with Crippen LogP contribution in [0.15, 0.2) is 116 Å². The van der Waals surface area contributed by atoms with E-state index in [0.29, 0.717) is 17.7 Å². The van der Waals surface area contributed by atoms with Crippen LogP contribution in [0, 0.1) is 5.92 Å². The smallest absolute Gasteiger partial charge is 0.163 e. The van der Waals surface area contributed by atoms with Crippen molar-refractivity contribution in [3.8, 4) is 0 Å². The van der Waals surface area contributed by atoms with Crippen molar-refractivity contribution >= 4 is 39.8 Å². The van der Waals surface area contributed by atoms with Crippen molar-refractivity contribution < 1.29 is 0 Å². The van der Waals surface area contributed by atoms with Crippen LogP contribution in [0.3, 0.4) is 0 Å². The molecule has 0 spiro atoms. The maximum atomic E-state index is 5.22. The maximum absolute atomic E-state index is 5.22. The minimum absolute atomic E-state index is 0.0389. The lowest BCUT2D eigenvalue weighted by atomic mass is 9.80. The second-order valence-electron chi connectivity index (χ2n) is 12.4. The van der Waals surface area contributed by atoms with E-state index in [2.05, 4.69) is 129 Å². The molecular weight excluding hydrogens is 548 g/mol. The number of benzene rings is 3. The van der Waals surface area contributed by atoms with Gasteiger partial charge in [0, 0.05) is 34.2 Å². The molecule has 8 rings (SSSR count). The van der Waals surface area contributed by atoms with E-state index < -0.39 is 0 Å². The van der Waals surface area contributed by atoms with E-state index in [1.807, 2.05) is 18.3 Å². The normalized spacial score (nSPS) is 21.9. The Morgan fingerprint density at radius 2 is 1.62 bits per heavy atom. The molecule has 0 amide bonds. The van der Waals surface area contributed by atoms with E-state index >= 15 is 0 Å². The fourth-order valence-corrected chi connectivity index (χ4v) is 7.08. The Morgan fingerprint density at radius 3 is 2.49 bits per heavy atom. The van der Waals surface area contributed by atoms with Crippen molar-refractivity contribution in [2.45, 2.75) is 38.0 Å². The maximum Gasteiger partial charge on any atom is 0.163 e. The number of fused-ring (bicyclic) bond motifs is 5. The predicted octanol–water partition coefficient (Wildman–Crippen LogP) is 9.66. The fraction of sp³-hybridized carbons (Fsp3) is 0.171. The summed E-state index contributed by atoms with van der Waals surface area (Å²) in [5.74, 6) is 3.50. The van der Waals surface area contributed by atoms with Crippen molar-refractivity contribution in [1.29, 1.82) is 0 Å². The number of hydrogen-bond donors (Lipinski definition) is 0. The highest BCUT2D eigenvalue weighted by atomic mass is 15.0. The monoisotopic (exact) mass is 582 g/mol. The summed E-state index contributed by atoms with van der Waals surface area (Å²) in [7, 11) is 0. The fourth-order valence-electron chi connectivity index (χ4n) is 7.08. The molecule has 4 heteroatoms. The Hall–Kier alpha value is -5.22. The summed E-state index contributed by atoms with van der Waals surface area (Å²) in [4.78, 5) is 20.2. The molecule has 2 aromatic heterocycles. The summed E-state index contributed by atoms with van der Waals surface area (Å²) < 4.78 is 0.